The molecule has 3 aromatic carbocycles. The Labute approximate surface area is 254 Å². The Morgan fingerprint density at radius 1 is 0.955 bits per heavy atom. The van der Waals surface area contributed by atoms with Crippen LogP contribution in [-0.4, -0.2) is 44.3 Å². The van der Waals surface area contributed by atoms with Crippen molar-refractivity contribution in [1.29, 1.82) is 0 Å². The quantitative estimate of drug-likeness (QED) is 0.173. The van der Waals surface area contributed by atoms with Gasteiger partial charge < -0.3 is 4.90 Å². The first-order valence-electron chi connectivity index (χ1n) is 14.3. The maximum atomic E-state index is 13.6. The molecule has 0 saturated heterocycles. The van der Waals surface area contributed by atoms with Gasteiger partial charge in [-0.15, -0.1) is 0 Å². The molecule has 7 nitrogen and oxygen atoms in total. The van der Waals surface area contributed by atoms with E-state index >= 15 is 0 Å². The van der Waals surface area contributed by atoms with Crippen molar-refractivity contribution < 1.29 is 13.6 Å². The van der Waals surface area contributed by atoms with Gasteiger partial charge in [-0.3, -0.25) is 14.2 Å². The third-order valence-corrected chi connectivity index (χ3v) is 7.20. The first-order chi connectivity index (χ1) is 21.1. The van der Waals surface area contributed by atoms with Gasteiger partial charge in [0, 0.05) is 37.2 Å². The molecule has 2 aromatic heterocycles. The number of allylic oxidation sites excluding steroid dienone is 1. The number of hydrogen-bond donors (Lipinski definition) is 0. The lowest BCUT2D eigenvalue weighted by Gasteiger charge is -2.10. The predicted molar refractivity (Wildman–Crippen MR) is 167 cm³/mol. The average Bonchev–Trinajstić information content (AvgIpc) is 2.99. The maximum Gasteiger partial charge on any atom is 0.264 e. The van der Waals surface area contributed by atoms with Gasteiger partial charge in [-0.05, 0) is 66.5 Å². The summed E-state index contributed by atoms with van der Waals surface area (Å²) in [5.74, 6) is -1.71. The molecule has 0 saturated carbocycles. The molecule has 0 N–H and O–H groups in total. The second kappa shape index (κ2) is 13.6. The van der Waals surface area contributed by atoms with Gasteiger partial charge in [-0.25, -0.2) is 23.7 Å². The smallest absolute Gasteiger partial charge is 0.264 e. The largest absolute Gasteiger partial charge is 0.305 e. The fourth-order valence-electron chi connectivity index (χ4n) is 4.92. The van der Waals surface area contributed by atoms with E-state index in [1.54, 1.807) is 0 Å². The van der Waals surface area contributed by atoms with Crippen molar-refractivity contribution in [3.63, 3.8) is 0 Å². The van der Waals surface area contributed by atoms with Crippen molar-refractivity contribution >= 4 is 22.8 Å². The van der Waals surface area contributed by atoms with Gasteiger partial charge in [0.25, 0.3) is 5.56 Å². The normalized spacial score (nSPS) is 12.3. The van der Waals surface area contributed by atoms with Crippen LogP contribution in [0.2, 0.25) is 0 Å². The van der Waals surface area contributed by atoms with Gasteiger partial charge >= 0.3 is 0 Å². The van der Waals surface area contributed by atoms with Crippen molar-refractivity contribution in [2.45, 2.75) is 32.9 Å². The Morgan fingerprint density at radius 2 is 1.70 bits per heavy atom. The SMILES string of the molecule is CC(/C=C/c1ccc2nc(Cc3ccc(CN(C)C)cc3)ncc2c1)CC(=O)c1cncn(Cc2ccc(F)c(F)c2)c1=O. The standard InChI is InChI=1S/C35H33F2N5O2/c1-23(14-33(43)29-19-38-22-42(35(29)44)21-27-10-12-30(36)31(37)16-27)4-5-24-11-13-32-28(15-24)18-39-34(40-32)17-25-6-8-26(9-7-25)20-41(2)3/h4-13,15-16,18-19,22-23H,14,17,20-21H2,1-3H3/b5-4+. The highest BCUT2D eigenvalue weighted by molar-refractivity contribution is 5.95. The summed E-state index contributed by atoms with van der Waals surface area (Å²) in [6, 6.07) is 17.8. The number of benzene rings is 3. The van der Waals surface area contributed by atoms with Crippen LogP contribution in [0.3, 0.4) is 0 Å². The molecule has 1 unspecified atom stereocenters. The molecule has 0 aliphatic rings. The van der Waals surface area contributed by atoms with Gasteiger partial charge in [0.05, 0.1) is 18.4 Å². The van der Waals surface area contributed by atoms with E-state index in [1.807, 2.05) is 57.6 Å². The first kappa shape index (κ1) is 30.6. The number of halogens is 2. The Hall–Kier alpha value is -4.89. The molecule has 2 heterocycles. The summed E-state index contributed by atoms with van der Waals surface area (Å²) in [5.41, 5.74) is 4.03. The summed E-state index contributed by atoms with van der Waals surface area (Å²) < 4.78 is 28.1. The van der Waals surface area contributed by atoms with E-state index < -0.39 is 17.2 Å². The van der Waals surface area contributed by atoms with E-state index in [0.717, 1.165) is 46.5 Å². The van der Waals surface area contributed by atoms with E-state index in [2.05, 4.69) is 39.1 Å². The summed E-state index contributed by atoms with van der Waals surface area (Å²) in [4.78, 5) is 41.4. The van der Waals surface area contributed by atoms with Crippen LogP contribution in [-0.2, 0) is 19.5 Å². The highest BCUT2D eigenvalue weighted by Gasteiger charge is 2.16. The predicted octanol–water partition coefficient (Wildman–Crippen LogP) is 6.09. The van der Waals surface area contributed by atoms with Gasteiger partial charge in [-0.2, -0.15) is 0 Å². The molecule has 0 fully saturated rings. The lowest BCUT2D eigenvalue weighted by molar-refractivity contribution is 0.0969. The topological polar surface area (TPSA) is 81.0 Å². The summed E-state index contributed by atoms with van der Waals surface area (Å²) >= 11 is 0. The van der Waals surface area contributed by atoms with Crippen molar-refractivity contribution in [3.8, 4) is 0 Å². The lowest BCUT2D eigenvalue weighted by Crippen LogP contribution is -2.27. The molecular formula is C35H33F2N5O2. The molecule has 0 aliphatic carbocycles. The van der Waals surface area contributed by atoms with Crippen molar-refractivity contribution in [2.75, 3.05) is 14.1 Å². The molecule has 0 bridgehead atoms. The zero-order chi connectivity index (χ0) is 31.2. The molecule has 0 amide bonds. The average molecular weight is 594 g/mol. The Balaban J connectivity index is 1.21. The number of ketones is 1. The minimum absolute atomic E-state index is 0.0308. The lowest BCUT2D eigenvalue weighted by atomic mass is 9.99. The van der Waals surface area contributed by atoms with Crippen LogP contribution in [0.1, 0.15) is 51.8 Å². The van der Waals surface area contributed by atoms with Crippen LogP contribution in [0.25, 0.3) is 17.0 Å². The summed E-state index contributed by atoms with van der Waals surface area (Å²) in [6.45, 7) is 2.76. The van der Waals surface area contributed by atoms with E-state index in [9.17, 15) is 18.4 Å². The molecule has 44 heavy (non-hydrogen) atoms. The number of hydrogen-bond acceptors (Lipinski definition) is 6. The highest BCUT2D eigenvalue weighted by atomic mass is 19.2. The maximum absolute atomic E-state index is 13.6. The van der Waals surface area contributed by atoms with E-state index in [1.165, 1.54) is 28.7 Å². The molecule has 0 radical (unpaired) electrons. The monoisotopic (exact) mass is 593 g/mol. The second-order valence-electron chi connectivity index (χ2n) is 11.3. The van der Waals surface area contributed by atoms with Gasteiger partial charge in [0.15, 0.2) is 17.4 Å². The number of aromatic nitrogens is 4. The summed E-state index contributed by atoms with van der Waals surface area (Å²) in [6.07, 6.45) is 8.98. The van der Waals surface area contributed by atoms with Crippen molar-refractivity contribution in [3.05, 3.63) is 141 Å². The van der Waals surface area contributed by atoms with E-state index in [0.29, 0.717) is 12.0 Å². The van der Waals surface area contributed by atoms with Crippen LogP contribution >= 0.6 is 0 Å². The molecule has 5 rings (SSSR count). The molecule has 5 aromatic rings. The third-order valence-electron chi connectivity index (χ3n) is 7.20. The highest BCUT2D eigenvalue weighted by Crippen LogP contribution is 2.18. The van der Waals surface area contributed by atoms with Crippen LogP contribution < -0.4 is 5.56 Å². The van der Waals surface area contributed by atoms with Gasteiger partial charge in [-0.1, -0.05) is 55.5 Å². The van der Waals surface area contributed by atoms with Crippen molar-refractivity contribution in [2.24, 2.45) is 5.92 Å². The number of carbonyl (C=O) groups is 1. The number of fused-ring (bicyclic) bond motifs is 1. The summed E-state index contributed by atoms with van der Waals surface area (Å²) in [5, 5.41) is 0.915. The number of Topliss-reactive ketones (excluding diaryl/α,β-unsaturated/α-hetero) is 1. The van der Waals surface area contributed by atoms with Crippen LogP contribution in [0.15, 0.2) is 90.3 Å². The number of nitrogens with zero attached hydrogens (tertiary/aromatic N) is 5. The molecule has 1 atom stereocenters. The molecule has 9 heteroatoms. The molecule has 224 valence electrons. The van der Waals surface area contributed by atoms with Gasteiger partial charge in [0.1, 0.15) is 11.4 Å². The van der Waals surface area contributed by atoms with E-state index in [4.69, 9.17) is 4.98 Å². The number of rotatable bonds is 11. The molecular weight excluding hydrogens is 560 g/mol. The Morgan fingerprint density at radius 3 is 2.45 bits per heavy atom. The minimum Gasteiger partial charge on any atom is -0.305 e. The first-order valence-corrected chi connectivity index (χ1v) is 14.3. The minimum atomic E-state index is -1.00. The van der Waals surface area contributed by atoms with Crippen LogP contribution in [0.4, 0.5) is 8.78 Å². The summed E-state index contributed by atoms with van der Waals surface area (Å²) in [7, 11) is 4.10. The fourth-order valence-corrected chi connectivity index (χ4v) is 4.92. The van der Waals surface area contributed by atoms with Gasteiger partial charge in [0.2, 0.25) is 0 Å². The Bertz CT molecular complexity index is 1880. The molecule has 0 spiro atoms. The van der Waals surface area contributed by atoms with Crippen LogP contribution in [0, 0.1) is 17.6 Å². The fraction of sp³-hybridized carbons (Fsp3) is 0.229. The van der Waals surface area contributed by atoms with E-state index in [-0.39, 0.29) is 30.2 Å². The number of carbonyl (C=O) groups excluding carboxylic acids is 1. The Kier molecular flexibility index (Phi) is 9.45. The second-order valence-corrected chi connectivity index (χ2v) is 11.3. The van der Waals surface area contributed by atoms with Crippen LogP contribution in [0.5, 0.6) is 0 Å². The molecule has 0 aliphatic heterocycles. The zero-order valence-corrected chi connectivity index (χ0v) is 24.9. The third kappa shape index (κ3) is 7.73. The van der Waals surface area contributed by atoms with Crippen molar-refractivity contribution in [1.82, 2.24) is 24.4 Å². The zero-order valence-electron chi connectivity index (χ0n) is 24.9.